The lowest BCUT2D eigenvalue weighted by Gasteiger charge is -2.28. The summed E-state index contributed by atoms with van der Waals surface area (Å²) < 4.78 is 5.81. The molecule has 0 spiro atoms. The molecule has 1 aliphatic rings. The molecule has 1 amide bonds. The van der Waals surface area contributed by atoms with Gasteiger partial charge in [-0.3, -0.25) is 4.79 Å². The van der Waals surface area contributed by atoms with Crippen molar-refractivity contribution in [1.82, 2.24) is 0 Å². The maximum Gasteiger partial charge on any atom is 0.253 e. The quantitative estimate of drug-likeness (QED) is 0.818. The van der Waals surface area contributed by atoms with Gasteiger partial charge in [0.2, 0.25) is 0 Å². The largest absolute Gasteiger partial charge is 0.368 e. The van der Waals surface area contributed by atoms with Crippen molar-refractivity contribution in [1.29, 1.82) is 0 Å². The summed E-state index contributed by atoms with van der Waals surface area (Å²) in [5, 5.41) is 0. The zero-order valence-electron chi connectivity index (χ0n) is 12.5. The summed E-state index contributed by atoms with van der Waals surface area (Å²) in [5.41, 5.74) is 0.944. The minimum atomic E-state index is 0.0526. The van der Waals surface area contributed by atoms with Gasteiger partial charge in [0.25, 0.3) is 5.91 Å². The SMILES string of the molecule is CC(C)N(C(=O)COC1CCCCC1)c1ccccc1. The lowest BCUT2D eigenvalue weighted by atomic mass is 9.98. The Kier molecular flexibility index (Phi) is 5.60. The highest BCUT2D eigenvalue weighted by Gasteiger charge is 2.21. The van der Waals surface area contributed by atoms with E-state index in [1.54, 1.807) is 0 Å². The Bertz CT molecular complexity index is 410. The van der Waals surface area contributed by atoms with Crippen molar-refractivity contribution in [2.75, 3.05) is 11.5 Å². The summed E-state index contributed by atoms with van der Waals surface area (Å²) >= 11 is 0. The molecule has 1 saturated carbocycles. The number of hydrogen-bond donors (Lipinski definition) is 0. The minimum absolute atomic E-state index is 0.0526. The standard InChI is InChI=1S/C17H25NO2/c1-14(2)18(15-9-5-3-6-10-15)17(19)13-20-16-11-7-4-8-12-16/h3,5-6,9-10,14,16H,4,7-8,11-13H2,1-2H3. The number of hydrogen-bond acceptors (Lipinski definition) is 2. The average molecular weight is 275 g/mol. The van der Waals surface area contributed by atoms with Crippen molar-refractivity contribution >= 4 is 11.6 Å². The summed E-state index contributed by atoms with van der Waals surface area (Å²) in [6.07, 6.45) is 6.23. The molecule has 0 unspecified atom stereocenters. The summed E-state index contributed by atoms with van der Waals surface area (Å²) in [4.78, 5) is 14.3. The number of carbonyl (C=O) groups excluding carboxylic acids is 1. The summed E-state index contributed by atoms with van der Waals surface area (Å²) in [7, 11) is 0. The first-order chi connectivity index (χ1) is 9.68. The van der Waals surface area contributed by atoms with E-state index in [1.165, 1.54) is 19.3 Å². The fourth-order valence-electron chi connectivity index (χ4n) is 2.81. The minimum Gasteiger partial charge on any atom is -0.368 e. The molecule has 1 fully saturated rings. The molecule has 1 aromatic carbocycles. The lowest BCUT2D eigenvalue weighted by Crippen LogP contribution is -2.40. The fourth-order valence-corrected chi connectivity index (χ4v) is 2.81. The van der Waals surface area contributed by atoms with E-state index < -0.39 is 0 Å². The number of benzene rings is 1. The molecule has 0 atom stereocenters. The second kappa shape index (κ2) is 7.44. The molecule has 0 saturated heterocycles. The molecule has 0 aromatic heterocycles. The molecule has 1 aliphatic carbocycles. The number of para-hydroxylation sites is 1. The number of amides is 1. The smallest absolute Gasteiger partial charge is 0.253 e. The third-order valence-corrected chi connectivity index (χ3v) is 3.81. The Morgan fingerprint density at radius 2 is 1.85 bits per heavy atom. The number of ether oxygens (including phenoxy) is 1. The molecular weight excluding hydrogens is 250 g/mol. The average Bonchev–Trinajstić information content (AvgIpc) is 2.47. The predicted molar refractivity (Wildman–Crippen MR) is 81.9 cm³/mol. The monoisotopic (exact) mass is 275 g/mol. The van der Waals surface area contributed by atoms with Crippen molar-refractivity contribution in [3.63, 3.8) is 0 Å². The molecule has 20 heavy (non-hydrogen) atoms. The topological polar surface area (TPSA) is 29.5 Å². The van der Waals surface area contributed by atoms with E-state index in [4.69, 9.17) is 4.74 Å². The van der Waals surface area contributed by atoms with Crippen LogP contribution < -0.4 is 4.90 Å². The van der Waals surface area contributed by atoms with Crippen LogP contribution in [0.15, 0.2) is 30.3 Å². The zero-order valence-corrected chi connectivity index (χ0v) is 12.5. The van der Waals surface area contributed by atoms with Crippen LogP contribution in [0.5, 0.6) is 0 Å². The highest BCUT2D eigenvalue weighted by atomic mass is 16.5. The maximum absolute atomic E-state index is 12.4. The molecule has 2 rings (SSSR count). The van der Waals surface area contributed by atoms with Crippen LogP contribution in [0.3, 0.4) is 0 Å². The van der Waals surface area contributed by atoms with Gasteiger partial charge in [0.1, 0.15) is 6.61 Å². The van der Waals surface area contributed by atoms with Gasteiger partial charge in [-0.05, 0) is 38.8 Å². The van der Waals surface area contributed by atoms with E-state index in [9.17, 15) is 4.79 Å². The Hall–Kier alpha value is -1.35. The highest BCUT2D eigenvalue weighted by Crippen LogP contribution is 2.21. The second-order valence-corrected chi connectivity index (χ2v) is 5.76. The lowest BCUT2D eigenvalue weighted by molar-refractivity contribution is -0.126. The van der Waals surface area contributed by atoms with Crippen molar-refractivity contribution < 1.29 is 9.53 Å². The number of nitrogens with zero attached hydrogens (tertiary/aromatic N) is 1. The van der Waals surface area contributed by atoms with Crippen LogP contribution in [0.1, 0.15) is 46.0 Å². The van der Waals surface area contributed by atoms with Crippen LogP contribution in [0.4, 0.5) is 5.69 Å². The van der Waals surface area contributed by atoms with Crippen LogP contribution in [0.2, 0.25) is 0 Å². The van der Waals surface area contributed by atoms with Crippen molar-refractivity contribution in [2.24, 2.45) is 0 Å². The molecule has 3 heteroatoms. The Morgan fingerprint density at radius 1 is 1.20 bits per heavy atom. The van der Waals surface area contributed by atoms with Gasteiger partial charge in [0, 0.05) is 11.7 Å². The van der Waals surface area contributed by atoms with Gasteiger partial charge in [0.05, 0.1) is 6.10 Å². The van der Waals surface area contributed by atoms with Gasteiger partial charge < -0.3 is 9.64 Å². The van der Waals surface area contributed by atoms with E-state index >= 15 is 0 Å². The Morgan fingerprint density at radius 3 is 2.45 bits per heavy atom. The highest BCUT2D eigenvalue weighted by molar-refractivity contribution is 5.94. The van der Waals surface area contributed by atoms with Gasteiger partial charge in [-0.15, -0.1) is 0 Å². The fraction of sp³-hybridized carbons (Fsp3) is 0.588. The van der Waals surface area contributed by atoms with E-state index in [0.29, 0.717) is 0 Å². The van der Waals surface area contributed by atoms with Gasteiger partial charge in [-0.2, -0.15) is 0 Å². The summed E-state index contributed by atoms with van der Waals surface area (Å²) in [6, 6.07) is 9.96. The Labute approximate surface area is 121 Å². The Balaban J connectivity index is 1.93. The summed E-state index contributed by atoms with van der Waals surface area (Å²) in [5.74, 6) is 0.0526. The van der Waals surface area contributed by atoms with Crippen molar-refractivity contribution in [3.05, 3.63) is 30.3 Å². The molecule has 0 bridgehead atoms. The van der Waals surface area contributed by atoms with Gasteiger partial charge in [0.15, 0.2) is 0 Å². The molecular formula is C17H25NO2. The van der Waals surface area contributed by atoms with Gasteiger partial charge in [-0.25, -0.2) is 0 Å². The second-order valence-electron chi connectivity index (χ2n) is 5.76. The first kappa shape index (κ1) is 15.0. The molecule has 1 aromatic rings. The van der Waals surface area contributed by atoms with E-state index in [1.807, 2.05) is 49.1 Å². The van der Waals surface area contributed by atoms with Crippen LogP contribution in [-0.4, -0.2) is 24.7 Å². The number of anilines is 1. The van der Waals surface area contributed by atoms with E-state index in [-0.39, 0.29) is 24.7 Å². The molecule has 0 aliphatic heterocycles. The van der Waals surface area contributed by atoms with E-state index in [0.717, 1.165) is 18.5 Å². The third-order valence-electron chi connectivity index (χ3n) is 3.81. The van der Waals surface area contributed by atoms with Crippen LogP contribution in [0.25, 0.3) is 0 Å². The molecule has 0 radical (unpaired) electrons. The van der Waals surface area contributed by atoms with E-state index in [2.05, 4.69) is 0 Å². The summed E-state index contributed by atoms with van der Waals surface area (Å²) in [6.45, 7) is 4.26. The number of rotatable bonds is 5. The zero-order chi connectivity index (χ0) is 14.4. The first-order valence-corrected chi connectivity index (χ1v) is 7.67. The molecule has 0 N–H and O–H groups in total. The number of carbonyl (C=O) groups is 1. The van der Waals surface area contributed by atoms with Gasteiger partial charge in [-0.1, -0.05) is 37.5 Å². The molecule has 3 nitrogen and oxygen atoms in total. The maximum atomic E-state index is 12.4. The van der Waals surface area contributed by atoms with Gasteiger partial charge >= 0.3 is 0 Å². The van der Waals surface area contributed by atoms with Crippen LogP contribution in [0, 0.1) is 0 Å². The molecule has 110 valence electrons. The van der Waals surface area contributed by atoms with Crippen molar-refractivity contribution in [3.8, 4) is 0 Å². The predicted octanol–water partition coefficient (Wildman–Crippen LogP) is 3.78. The van der Waals surface area contributed by atoms with Crippen molar-refractivity contribution in [2.45, 2.75) is 58.1 Å². The normalized spacial score (nSPS) is 16.4. The van der Waals surface area contributed by atoms with Crippen LogP contribution >= 0.6 is 0 Å². The van der Waals surface area contributed by atoms with Crippen LogP contribution in [-0.2, 0) is 9.53 Å². The third kappa shape index (κ3) is 4.07. The molecule has 0 heterocycles. The first-order valence-electron chi connectivity index (χ1n) is 7.67.